The number of halogens is 2. The van der Waals surface area contributed by atoms with Crippen LogP contribution < -0.4 is 5.32 Å². The number of benzene rings is 1. The van der Waals surface area contributed by atoms with Crippen molar-refractivity contribution in [2.45, 2.75) is 6.54 Å². The minimum absolute atomic E-state index is 0.150. The van der Waals surface area contributed by atoms with Gasteiger partial charge < -0.3 is 9.73 Å². The Kier molecular flexibility index (Phi) is 3.44. The molecule has 1 aromatic heterocycles. The maximum atomic E-state index is 12.6. The van der Waals surface area contributed by atoms with E-state index in [0.717, 1.165) is 5.56 Å². The van der Waals surface area contributed by atoms with Crippen molar-refractivity contribution in [3.63, 3.8) is 0 Å². The van der Waals surface area contributed by atoms with Gasteiger partial charge in [-0.3, -0.25) is 4.79 Å². The van der Waals surface area contributed by atoms with E-state index in [-0.39, 0.29) is 22.7 Å². The minimum Gasteiger partial charge on any atom is -0.440 e. The van der Waals surface area contributed by atoms with Crippen LogP contribution in [-0.2, 0) is 6.54 Å². The number of furan rings is 1. The molecule has 2 aromatic rings. The van der Waals surface area contributed by atoms with Gasteiger partial charge in [-0.15, -0.1) is 0 Å². The van der Waals surface area contributed by atoms with Crippen molar-refractivity contribution in [1.82, 2.24) is 5.32 Å². The van der Waals surface area contributed by atoms with Gasteiger partial charge in [0.1, 0.15) is 5.82 Å². The molecule has 3 nitrogen and oxygen atoms in total. The summed E-state index contributed by atoms with van der Waals surface area (Å²) in [6, 6.07) is 8.86. The average molecular weight is 254 g/mol. The molecule has 88 valence electrons. The second-order valence-electron chi connectivity index (χ2n) is 3.41. The van der Waals surface area contributed by atoms with Crippen LogP contribution in [0, 0.1) is 5.82 Å². The summed E-state index contributed by atoms with van der Waals surface area (Å²) in [5, 5.41) is 2.80. The fourth-order valence-corrected chi connectivity index (χ4v) is 1.45. The fourth-order valence-electron chi connectivity index (χ4n) is 1.31. The predicted molar refractivity (Wildman–Crippen MR) is 61.3 cm³/mol. The third kappa shape index (κ3) is 3.07. The summed E-state index contributed by atoms with van der Waals surface area (Å²) in [5.41, 5.74) is 0.803. The van der Waals surface area contributed by atoms with Crippen LogP contribution in [0.15, 0.2) is 40.8 Å². The Morgan fingerprint density at radius 2 is 1.94 bits per heavy atom. The number of carbonyl (C=O) groups excluding carboxylic acids is 1. The molecule has 0 saturated carbocycles. The lowest BCUT2D eigenvalue weighted by Gasteiger charge is -2.03. The normalized spacial score (nSPS) is 10.2. The Bertz CT molecular complexity index is 522. The molecule has 0 aliphatic rings. The molecule has 0 saturated heterocycles. The summed E-state index contributed by atoms with van der Waals surface area (Å²) < 4.78 is 17.6. The number of carbonyl (C=O) groups is 1. The summed E-state index contributed by atoms with van der Waals surface area (Å²) in [6.07, 6.45) is 0. The predicted octanol–water partition coefficient (Wildman–Crippen LogP) is 3.00. The first-order valence-electron chi connectivity index (χ1n) is 4.93. The van der Waals surface area contributed by atoms with E-state index in [4.69, 9.17) is 16.0 Å². The molecule has 1 aromatic carbocycles. The van der Waals surface area contributed by atoms with Crippen LogP contribution in [0.2, 0.25) is 5.22 Å². The molecule has 1 N–H and O–H groups in total. The van der Waals surface area contributed by atoms with Crippen LogP contribution in [0.4, 0.5) is 4.39 Å². The summed E-state index contributed by atoms with van der Waals surface area (Å²) in [5.74, 6) is -0.517. The van der Waals surface area contributed by atoms with Gasteiger partial charge in [0.25, 0.3) is 5.91 Å². The Hall–Kier alpha value is -1.81. The highest BCUT2D eigenvalue weighted by Gasteiger charge is 2.09. The van der Waals surface area contributed by atoms with Gasteiger partial charge >= 0.3 is 0 Å². The van der Waals surface area contributed by atoms with Crippen LogP contribution in [0.3, 0.4) is 0 Å². The summed E-state index contributed by atoms with van der Waals surface area (Å²) >= 11 is 5.55. The summed E-state index contributed by atoms with van der Waals surface area (Å²) in [4.78, 5) is 11.6. The molecule has 1 amide bonds. The Balaban J connectivity index is 1.94. The Morgan fingerprint density at radius 1 is 1.24 bits per heavy atom. The van der Waals surface area contributed by atoms with E-state index in [9.17, 15) is 9.18 Å². The first kappa shape index (κ1) is 11.7. The zero-order chi connectivity index (χ0) is 12.3. The van der Waals surface area contributed by atoms with Gasteiger partial charge in [0.15, 0.2) is 11.0 Å². The van der Waals surface area contributed by atoms with Gasteiger partial charge in [-0.2, -0.15) is 0 Å². The van der Waals surface area contributed by atoms with E-state index in [1.54, 1.807) is 12.1 Å². The number of hydrogen-bond donors (Lipinski definition) is 1. The number of amides is 1. The van der Waals surface area contributed by atoms with Crippen LogP contribution >= 0.6 is 11.6 Å². The van der Waals surface area contributed by atoms with Gasteiger partial charge in [0, 0.05) is 6.54 Å². The molecule has 0 bridgehead atoms. The van der Waals surface area contributed by atoms with E-state index in [1.165, 1.54) is 24.3 Å². The second kappa shape index (κ2) is 5.01. The molecule has 0 radical (unpaired) electrons. The van der Waals surface area contributed by atoms with Gasteiger partial charge in [-0.25, -0.2) is 4.39 Å². The van der Waals surface area contributed by atoms with Crippen LogP contribution in [-0.4, -0.2) is 5.91 Å². The average Bonchev–Trinajstić information content (AvgIpc) is 2.75. The van der Waals surface area contributed by atoms with Crippen LogP contribution in [0.5, 0.6) is 0 Å². The first-order chi connectivity index (χ1) is 8.15. The molecule has 0 aliphatic heterocycles. The van der Waals surface area contributed by atoms with E-state index in [1.807, 2.05) is 0 Å². The first-order valence-corrected chi connectivity index (χ1v) is 5.31. The van der Waals surface area contributed by atoms with Crippen molar-refractivity contribution in [3.8, 4) is 0 Å². The van der Waals surface area contributed by atoms with Crippen molar-refractivity contribution >= 4 is 17.5 Å². The topological polar surface area (TPSA) is 42.2 Å². The van der Waals surface area contributed by atoms with Crippen LogP contribution in [0.25, 0.3) is 0 Å². The lowest BCUT2D eigenvalue weighted by atomic mass is 10.2. The molecule has 17 heavy (non-hydrogen) atoms. The quantitative estimate of drug-likeness (QED) is 0.914. The molecule has 0 aliphatic carbocycles. The van der Waals surface area contributed by atoms with Crippen molar-refractivity contribution in [2.24, 2.45) is 0 Å². The highest BCUT2D eigenvalue weighted by Crippen LogP contribution is 2.13. The van der Waals surface area contributed by atoms with E-state index in [2.05, 4.69) is 5.32 Å². The van der Waals surface area contributed by atoms with Gasteiger partial charge in [-0.1, -0.05) is 12.1 Å². The SMILES string of the molecule is O=C(NCc1ccc(F)cc1)c1ccc(Cl)o1. The van der Waals surface area contributed by atoms with Gasteiger partial charge in [-0.05, 0) is 41.4 Å². The van der Waals surface area contributed by atoms with Crippen molar-refractivity contribution in [2.75, 3.05) is 0 Å². The smallest absolute Gasteiger partial charge is 0.287 e. The molecule has 0 unspecified atom stereocenters. The molecular weight excluding hydrogens is 245 g/mol. The van der Waals surface area contributed by atoms with Gasteiger partial charge in [0.05, 0.1) is 0 Å². The Labute approximate surface area is 102 Å². The molecular formula is C12H9ClFNO2. The van der Waals surface area contributed by atoms with E-state index >= 15 is 0 Å². The molecule has 0 fully saturated rings. The maximum absolute atomic E-state index is 12.6. The standard InChI is InChI=1S/C12H9ClFNO2/c13-11-6-5-10(17-11)12(16)15-7-8-1-3-9(14)4-2-8/h1-6H,7H2,(H,15,16). The highest BCUT2D eigenvalue weighted by atomic mass is 35.5. The van der Waals surface area contributed by atoms with Crippen molar-refractivity contribution in [3.05, 3.63) is 58.8 Å². The molecule has 0 atom stereocenters. The van der Waals surface area contributed by atoms with E-state index < -0.39 is 0 Å². The Morgan fingerprint density at radius 3 is 2.53 bits per heavy atom. The van der Waals surface area contributed by atoms with Crippen LogP contribution in [0.1, 0.15) is 16.1 Å². The fraction of sp³-hybridized carbons (Fsp3) is 0.0833. The number of rotatable bonds is 3. The molecule has 0 spiro atoms. The zero-order valence-electron chi connectivity index (χ0n) is 8.74. The highest BCUT2D eigenvalue weighted by molar-refractivity contribution is 6.29. The second-order valence-corrected chi connectivity index (χ2v) is 3.79. The molecule has 2 rings (SSSR count). The third-order valence-electron chi connectivity index (χ3n) is 2.16. The van der Waals surface area contributed by atoms with Crippen molar-refractivity contribution in [1.29, 1.82) is 0 Å². The monoisotopic (exact) mass is 253 g/mol. The van der Waals surface area contributed by atoms with Gasteiger partial charge in [0.2, 0.25) is 0 Å². The molecule has 1 heterocycles. The number of hydrogen-bond acceptors (Lipinski definition) is 2. The summed E-state index contributed by atoms with van der Waals surface area (Å²) in [7, 11) is 0. The lowest BCUT2D eigenvalue weighted by Crippen LogP contribution is -2.22. The summed E-state index contributed by atoms with van der Waals surface area (Å²) in [6.45, 7) is 0.303. The third-order valence-corrected chi connectivity index (χ3v) is 2.37. The molecule has 5 heteroatoms. The minimum atomic E-state index is -0.360. The largest absolute Gasteiger partial charge is 0.440 e. The lowest BCUT2D eigenvalue weighted by molar-refractivity contribution is 0.0923. The van der Waals surface area contributed by atoms with E-state index in [0.29, 0.717) is 6.54 Å². The number of nitrogens with one attached hydrogen (secondary N) is 1. The van der Waals surface area contributed by atoms with Crippen molar-refractivity contribution < 1.29 is 13.6 Å². The maximum Gasteiger partial charge on any atom is 0.287 e. The zero-order valence-corrected chi connectivity index (χ0v) is 9.50.